The van der Waals surface area contributed by atoms with Crippen molar-refractivity contribution in [1.29, 1.82) is 0 Å². The molecule has 1 heterocycles. The van der Waals surface area contributed by atoms with Gasteiger partial charge in [0, 0.05) is 24.7 Å². The average Bonchev–Trinajstić information content (AvgIpc) is 2.53. The van der Waals surface area contributed by atoms with Gasteiger partial charge in [-0.15, -0.1) is 0 Å². The molecule has 0 radical (unpaired) electrons. The van der Waals surface area contributed by atoms with Crippen LogP contribution in [-0.2, 0) is 10.0 Å². The minimum Gasteiger partial charge on any atom is -0.339 e. The molecule has 0 aromatic heterocycles. The molecule has 5 nitrogen and oxygen atoms in total. The van der Waals surface area contributed by atoms with Crippen molar-refractivity contribution in [2.24, 2.45) is 0 Å². The minimum absolute atomic E-state index is 0.00395. The van der Waals surface area contributed by atoms with Gasteiger partial charge in [-0.3, -0.25) is 4.79 Å². The Labute approximate surface area is 145 Å². The highest BCUT2D eigenvalue weighted by Crippen LogP contribution is 2.16. The number of rotatable bonds is 5. The molecule has 1 N–H and O–H groups in total. The summed E-state index contributed by atoms with van der Waals surface area (Å²) in [5.41, 5.74) is 0.554. The molecule has 2 rings (SSSR count). The summed E-state index contributed by atoms with van der Waals surface area (Å²) in [5, 5.41) is 0. The molecule has 24 heavy (non-hydrogen) atoms. The number of amides is 1. The van der Waals surface area contributed by atoms with Crippen LogP contribution in [0.2, 0.25) is 0 Å². The van der Waals surface area contributed by atoms with Crippen LogP contribution in [0.1, 0.15) is 62.7 Å². The highest BCUT2D eigenvalue weighted by Gasteiger charge is 2.19. The van der Waals surface area contributed by atoms with Crippen LogP contribution in [0.25, 0.3) is 0 Å². The van der Waals surface area contributed by atoms with Gasteiger partial charge in [-0.05, 0) is 50.5 Å². The number of benzene rings is 1. The molecule has 0 bridgehead atoms. The fourth-order valence-corrected chi connectivity index (χ4v) is 4.15. The Morgan fingerprint density at radius 1 is 1.08 bits per heavy atom. The molecule has 1 aromatic carbocycles. The molecular formula is C18H28N2O3S. The Balaban J connectivity index is 2.09. The summed E-state index contributed by atoms with van der Waals surface area (Å²) in [4.78, 5) is 14.7. The molecule has 0 spiro atoms. The van der Waals surface area contributed by atoms with Gasteiger partial charge in [0.05, 0.1) is 4.90 Å². The largest absolute Gasteiger partial charge is 0.339 e. The fraction of sp³-hybridized carbons (Fsp3) is 0.611. The van der Waals surface area contributed by atoms with Crippen molar-refractivity contribution in [2.45, 2.75) is 63.3 Å². The second-order valence-electron chi connectivity index (χ2n) is 6.51. The van der Waals surface area contributed by atoms with Crippen LogP contribution in [0.4, 0.5) is 0 Å². The zero-order chi connectivity index (χ0) is 17.6. The molecule has 1 aliphatic rings. The van der Waals surface area contributed by atoms with Crippen LogP contribution in [0.3, 0.4) is 0 Å². The van der Waals surface area contributed by atoms with E-state index in [4.69, 9.17) is 0 Å². The summed E-state index contributed by atoms with van der Waals surface area (Å²) in [7, 11) is -3.52. The number of nitrogens with zero attached hydrogens (tertiary/aromatic N) is 1. The maximum absolute atomic E-state index is 12.6. The molecule has 1 fully saturated rings. The third-order valence-electron chi connectivity index (χ3n) is 4.52. The minimum atomic E-state index is -3.52. The van der Waals surface area contributed by atoms with E-state index >= 15 is 0 Å². The first-order valence-electron chi connectivity index (χ1n) is 8.85. The second kappa shape index (κ2) is 8.62. The molecule has 0 unspecified atom stereocenters. The molecule has 6 heteroatoms. The lowest BCUT2D eigenvalue weighted by atomic mass is 10.1. The summed E-state index contributed by atoms with van der Waals surface area (Å²) in [6, 6.07) is 6.15. The zero-order valence-electron chi connectivity index (χ0n) is 14.6. The van der Waals surface area contributed by atoms with E-state index in [-0.39, 0.29) is 16.8 Å². The molecule has 1 saturated heterocycles. The van der Waals surface area contributed by atoms with Crippen LogP contribution in [-0.4, -0.2) is 38.4 Å². The molecule has 1 atom stereocenters. The van der Waals surface area contributed by atoms with Crippen LogP contribution in [0.15, 0.2) is 29.2 Å². The summed E-state index contributed by atoms with van der Waals surface area (Å²) < 4.78 is 27.1. The molecule has 1 aliphatic heterocycles. The summed E-state index contributed by atoms with van der Waals surface area (Å²) in [6.45, 7) is 5.33. The molecular weight excluding hydrogens is 324 g/mol. The van der Waals surface area contributed by atoms with Gasteiger partial charge in [0.2, 0.25) is 10.0 Å². The summed E-state index contributed by atoms with van der Waals surface area (Å²) >= 11 is 0. The van der Waals surface area contributed by atoms with Gasteiger partial charge >= 0.3 is 0 Å². The van der Waals surface area contributed by atoms with E-state index in [1.165, 1.54) is 31.4 Å². The van der Waals surface area contributed by atoms with Gasteiger partial charge in [0.25, 0.3) is 5.91 Å². The Hall–Kier alpha value is -1.40. The van der Waals surface area contributed by atoms with E-state index in [1.807, 2.05) is 18.7 Å². The highest BCUT2D eigenvalue weighted by atomic mass is 32.2. The third kappa shape index (κ3) is 5.05. The smallest absolute Gasteiger partial charge is 0.253 e. The predicted molar refractivity (Wildman–Crippen MR) is 95.5 cm³/mol. The SMILES string of the molecule is CC[C@H](C)NS(=O)(=O)c1ccc(C(=O)N2CCCCCCC2)cc1. The number of carbonyl (C=O) groups is 1. The van der Waals surface area contributed by atoms with E-state index in [9.17, 15) is 13.2 Å². The first-order chi connectivity index (χ1) is 11.4. The van der Waals surface area contributed by atoms with Gasteiger partial charge in [-0.2, -0.15) is 0 Å². The quantitative estimate of drug-likeness (QED) is 0.885. The fourth-order valence-electron chi connectivity index (χ4n) is 2.83. The van der Waals surface area contributed by atoms with E-state index < -0.39 is 10.0 Å². The van der Waals surface area contributed by atoms with Crippen molar-refractivity contribution in [2.75, 3.05) is 13.1 Å². The van der Waals surface area contributed by atoms with Gasteiger partial charge in [0.15, 0.2) is 0 Å². The summed E-state index contributed by atoms with van der Waals surface area (Å²) in [6.07, 6.45) is 6.39. The number of nitrogens with one attached hydrogen (secondary N) is 1. The van der Waals surface area contributed by atoms with E-state index in [0.29, 0.717) is 5.56 Å². The van der Waals surface area contributed by atoms with E-state index in [2.05, 4.69) is 4.72 Å². The van der Waals surface area contributed by atoms with Gasteiger partial charge < -0.3 is 4.90 Å². The zero-order valence-corrected chi connectivity index (χ0v) is 15.4. The van der Waals surface area contributed by atoms with E-state index in [1.54, 1.807) is 12.1 Å². The first-order valence-corrected chi connectivity index (χ1v) is 10.3. The predicted octanol–water partition coefficient (Wildman–Crippen LogP) is 3.17. The normalized spacial score (nSPS) is 17.8. The molecule has 134 valence electrons. The Morgan fingerprint density at radius 2 is 1.62 bits per heavy atom. The number of hydrogen-bond donors (Lipinski definition) is 1. The average molecular weight is 353 g/mol. The lowest BCUT2D eigenvalue weighted by Crippen LogP contribution is -2.34. The van der Waals surface area contributed by atoms with Crippen LogP contribution < -0.4 is 4.72 Å². The summed E-state index contributed by atoms with van der Waals surface area (Å²) in [5.74, 6) is -0.00395. The van der Waals surface area contributed by atoms with Crippen LogP contribution in [0.5, 0.6) is 0 Å². The lowest BCUT2D eigenvalue weighted by Gasteiger charge is -2.25. The number of sulfonamides is 1. The maximum atomic E-state index is 12.6. The Kier molecular flexibility index (Phi) is 6.80. The number of likely N-dealkylation sites (tertiary alicyclic amines) is 1. The van der Waals surface area contributed by atoms with Gasteiger partial charge in [-0.1, -0.05) is 26.2 Å². The van der Waals surface area contributed by atoms with Gasteiger partial charge in [0.1, 0.15) is 0 Å². The van der Waals surface area contributed by atoms with Gasteiger partial charge in [-0.25, -0.2) is 13.1 Å². The lowest BCUT2D eigenvalue weighted by molar-refractivity contribution is 0.0742. The number of hydrogen-bond acceptors (Lipinski definition) is 3. The topological polar surface area (TPSA) is 66.5 Å². The van der Waals surface area contributed by atoms with Crippen LogP contribution in [0, 0.1) is 0 Å². The monoisotopic (exact) mass is 352 g/mol. The molecule has 0 aliphatic carbocycles. The van der Waals surface area contributed by atoms with Crippen molar-refractivity contribution in [1.82, 2.24) is 9.62 Å². The Morgan fingerprint density at radius 3 is 2.17 bits per heavy atom. The van der Waals surface area contributed by atoms with E-state index in [0.717, 1.165) is 32.4 Å². The third-order valence-corrected chi connectivity index (χ3v) is 6.13. The standard InChI is InChI=1S/C18H28N2O3S/c1-3-15(2)19-24(22,23)17-11-9-16(10-12-17)18(21)20-13-7-5-4-6-8-14-20/h9-12,15,19H,3-8,13-14H2,1-2H3/t15-/m0/s1. The molecule has 1 aromatic rings. The molecule has 1 amide bonds. The highest BCUT2D eigenvalue weighted by molar-refractivity contribution is 7.89. The van der Waals surface area contributed by atoms with Crippen molar-refractivity contribution >= 4 is 15.9 Å². The maximum Gasteiger partial charge on any atom is 0.253 e. The Bertz CT molecular complexity index is 633. The second-order valence-corrected chi connectivity index (χ2v) is 8.23. The molecule has 0 saturated carbocycles. The van der Waals surface area contributed by atoms with Crippen LogP contribution >= 0.6 is 0 Å². The number of carbonyl (C=O) groups excluding carboxylic acids is 1. The van der Waals surface area contributed by atoms with Crippen molar-refractivity contribution in [3.05, 3.63) is 29.8 Å². The van der Waals surface area contributed by atoms with Crippen molar-refractivity contribution < 1.29 is 13.2 Å². The van der Waals surface area contributed by atoms with Crippen molar-refractivity contribution in [3.8, 4) is 0 Å². The van der Waals surface area contributed by atoms with Crippen molar-refractivity contribution in [3.63, 3.8) is 0 Å². The first kappa shape index (κ1) is 18.9.